The fraction of sp³-hybridized carbons (Fsp3) is 0.588. The number of carbonyl (C=O) groups excluding carboxylic acids is 1. The Kier molecular flexibility index (Phi) is 4.86. The van der Waals surface area contributed by atoms with E-state index in [-0.39, 0.29) is 6.04 Å². The van der Waals surface area contributed by atoms with E-state index in [0.717, 1.165) is 31.7 Å². The summed E-state index contributed by atoms with van der Waals surface area (Å²) in [4.78, 5) is 14.8. The van der Waals surface area contributed by atoms with Crippen LogP contribution in [0.3, 0.4) is 0 Å². The molecule has 21 heavy (non-hydrogen) atoms. The molecule has 0 aliphatic carbocycles. The summed E-state index contributed by atoms with van der Waals surface area (Å²) in [7, 11) is 0. The van der Waals surface area contributed by atoms with E-state index in [1.165, 1.54) is 16.9 Å². The second-order valence-electron chi connectivity index (χ2n) is 6.09. The van der Waals surface area contributed by atoms with Crippen LogP contribution in [0, 0.1) is 6.92 Å². The van der Waals surface area contributed by atoms with Gasteiger partial charge in [0.25, 0.3) is 0 Å². The molecule has 2 fully saturated rings. The van der Waals surface area contributed by atoms with Crippen LogP contribution in [-0.2, 0) is 4.79 Å². The van der Waals surface area contributed by atoms with Gasteiger partial charge in [-0.2, -0.15) is 11.8 Å². The molecule has 2 unspecified atom stereocenters. The van der Waals surface area contributed by atoms with Gasteiger partial charge in [0.2, 0.25) is 5.91 Å². The molecule has 3 nitrogen and oxygen atoms in total. The number of likely N-dealkylation sites (tertiary alicyclic amines) is 1. The van der Waals surface area contributed by atoms with E-state index in [0.29, 0.717) is 18.4 Å². The van der Waals surface area contributed by atoms with Gasteiger partial charge in [-0.05, 0) is 25.3 Å². The molecule has 4 heteroatoms. The maximum absolute atomic E-state index is 12.7. The lowest BCUT2D eigenvalue weighted by atomic mass is 10.0. The van der Waals surface area contributed by atoms with Crippen molar-refractivity contribution < 1.29 is 4.79 Å². The Bertz CT molecular complexity index is 499. The maximum Gasteiger partial charge on any atom is 0.224 e. The Balaban J connectivity index is 1.67. The van der Waals surface area contributed by atoms with E-state index >= 15 is 0 Å². The Morgan fingerprint density at radius 3 is 3.14 bits per heavy atom. The molecule has 114 valence electrons. The lowest BCUT2D eigenvalue weighted by molar-refractivity contribution is -0.132. The van der Waals surface area contributed by atoms with Gasteiger partial charge in [-0.15, -0.1) is 0 Å². The van der Waals surface area contributed by atoms with Crippen LogP contribution in [0.1, 0.15) is 36.4 Å². The highest BCUT2D eigenvalue weighted by Gasteiger charge is 2.31. The van der Waals surface area contributed by atoms with E-state index in [1.54, 1.807) is 0 Å². The van der Waals surface area contributed by atoms with Crippen molar-refractivity contribution in [3.8, 4) is 0 Å². The highest BCUT2D eigenvalue weighted by Crippen LogP contribution is 2.33. The number of benzene rings is 1. The minimum atomic E-state index is 0.286. The number of nitrogens with one attached hydrogen (secondary N) is 1. The Hall–Kier alpha value is -1.00. The predicted molar refractivity (Wildman–Crippen MR) is 88.6 cm³/mol. The minimum Gasteiger partial charge on any atom is -0.336 e. The van der Waals surface area contributed by atoms with Gasteiger partial charge in [-0.25, -0.2) is 0 Å². The van der Waals surface area contributed by atoms with Crippen LogP contribution in [-0.4, -0.2) is 41.4 Å². The fourth-order valence-corrected chi connectivity index (χ4v) is 4.32. The molecule has 0 radical (unpaired) electrons. The van der Waals surface area contributed by atoms with Gasteiger partial charge in [0, 0.05) is 37.1 Å². The van der Waals surface area contributed by atoms with E-state index in [4.69, 9.17) is 0 Å². The van der Waals surface area contributed by atoms with E-state index in [9.17, 15) is 4.79 Å². The summed E-state index contributed by atoms with van der Waals surface area (Å²) in [5.41, 5.74) is 2.57. The minimum absolute atomic E-state index is 0.286. The lowest BCUT2D eigenvalue weighted by Crippen LogP contribution is -2.42. The monoisotopic (exact) mass is 304 g/mol. The van der Waals surface area contributed by atoms with E-state index in [1.807, 2.05) is 11.8 Å². The zero-order valence-corrected chi connectivity index (χ0v) is 13.5. The zero-order chi connectivity index (χ0) is 14.7. The molecule has 3 rings (SSSR count). The van der Waals surface area contributed by atoms with Crippen LogP contribution in [0.15, 0.2) is 24.3 Å². The molecule has 0 spiro atoms. The van der Waals surface area contributed by atoms with Crippen molar-refractivity contribution in [3.05, 3.63) is 35.4 Å². The average Bonchev–Trinajstić information content (AvgIpc) is 2.98. The van der Waals surface area contributed by atoms with Crippen molar-refractivity contribution >= 4 is 17.7 Å². The average molecular weight is 304 g/mol. The molecule has 2 aliphatic heterocycles. The van der Waals surface area contributed by atoms with Crippen molar-refractivity contribution in [2.24, 2.45) is 0 Å². The van der Waals surface area contributed by atoms with Gasteiger partial charge >= 0.3 is 0 Å². The number of hydrogen-bond donors (Lipinski definition) is 1. The smallest absolute Gasteiger partial charge is 0.224 e. The molecule has 0 saturated carbocycles. The van der Waals surface area contributed by atoms with E-state index < -0.39 is 0 Å². The van der Waals surface area contributed by atoms with Gasteiger partial charge in [0.05, 0.1) is 6.04 Å². The summed E-state index contributed by atoms with van der Waals surface area (Å²) >= 11 is 1.95. The normalized spacial score (nSPS) is 26.0. The number of carbonyl (C=O) groups is 1. The molecule has 0 bridgehead atoms. The van der Waals surface area contributed by atoms with Crippen molar-refractivity contribution in [1.82, 2.24) is 10.2 Å². The molecular formula is C17H24N2OS. The molecule has 2 aliphatic rings. The van der Waals surface area contributed by atoms with Crippen LogP contribution < -0.4 is 5.32 Å². The van der Waals surface area contributed by atoms with Gasteiger partial charge in [0.15, 0.2) is 0 Å². The number of thioether (sulfide) groups is 1. The molecule has 1 aromatic carbocycles. The third-order valence-electron chi connectivity index (χ3n) is 4.42. The van der Waals surface area contributed by atoms with Crippen molar-refractivity contribution in [2.75, 3.05) is 24.6 Å². The summed E-state index contributed by atoms with van der Waals surface area (Å²) in [6, 6.07) is 9.26. The largest absolute Gasteiger partial charge is 0.336 e. The molecule has 2 saturated heterocycles. The number of aryl methyl sites for hydroxylation is 1. The SMILES string of the molecule is Cc1cccc(C2CCCN2C(=O)CC2CSCCN2)c1. The summed E-state index contributed by atoms with van der Waals surface area (Å²) in [6.07, 6.45) is 2.87. The molecule has 1 N–H and O–H groups in total. The number of hydrogen-bond acceptors (Lipinski definition) is 3. The van der Waals surface area contributed by atoms with Crippen LogP contribution in [0.25, 0.3) is 0 Å². The summed E-state index contributed by atoms with van der Waals surface area (Å²) in [5, 5.41) is 3.47. The first kappa shape index (κ1) is 14.9. The molecule has 2 atom stereocenters. The van der Waals surface area contributed by atoms with Gasteiger partial charge in [-0.3, -0.25) is 4.79 Å². The highest BCUT2D eigenvalue weighted by atomic mass is 32.2. The quantitative estimate of drug-likeness (QED) is 0.932. The van der Waals surface area contributed by atoms with Crippen molar-refractivity contribution in [1.29, 1.82) is 0 Å². The van der Waals surface area contributed by atoms with Gasteiger partial charge in [-0.1, -0.05) is 29.8 Å². The van der Waals surface area contributed by atoms with Gasteiger partial charge < -0.3 is 10.2 Å². The van der Waals surface area contributed by atoms with Crippen LogP contribution in [0.4, 0.5) is 0 Å². The topological polar surface area (TPSA) is 32.3 Å². The van der Waals surface area contributed by atoms with Crippen LogP contribution in [0.5, 0.6) is 0 Å². The Labute approximate surface area is 131 Å². The Morgan fingerprint density at radius 2 is 2.38 bits per heavy atom. The molecule has 1 aromatic rings. The number of nitrogens with zero attached hydrogens (tertiary/aromatic N) is 1. The molecule has 2 heterocycles. The second kappa shape index (κ2) is 6.84. The third kappa shape index (κ3) is 3.61. The van der Waals surface area contributed by atoms with Crippen LogP contribution in [0.2, 0.25) is 0 Å². The number of amides is 1. The molecule has 1 amide bonds. The summed E-state index contributed by atoms with van der Waals surface area (Å²) < 4.78 is 0. The molecule has 0 aromatic heterocycles. The Morgan fingerprint density at radius 1 is 1.48 bits per heavy atom. The first-order valence-electron chi connectivity index (χ1n) is 7.91. The third-order valence-corrected chi connectivity index (χ3v) is 5.55. The number of rotatable bonds is 3. The predicted octanol–water partition coefficient (Wildman–Crippen LogP) is 2.75. The standard InChI is InChI=1S/C17H24N2OS/c1-13-4-2-5-14(10-13)16-6-3-8-19(16)17(20)11-15-12-21-9-7-18-15/h2,4-5,10,15-16,18H,3,6-9,11-12H2,1H3. The highest BCUT2D eigenvalue weighted by molar-refractivity contribution is 7.99. The zero-order valence-electron chi connectivity index (χ0n) is 12.7. The van der Waals surface area contributed by atoms with Crippen molar-refractivity contribution in [3.63, 3.8) is 0 Å². The molecular weight excluding hydrogens is 280 g/mol. The van der Waals surface area contributed by atoms with Crippen LogP contribution >= 0.6 is 11.8 Å². The maximum atomic E-state index is 12.7. The summed E-state index contributed by atoms with van der Waals surface area (Å²) in [5.74, 6) is 2.55. The van der Waals surface area contributed by atoms with Crippen molar-refractivity contribution in [2.45, 2.75) is 38.3 Å². The first-order valence-corrected chi connectivity index (χ1v) is 9.06. The first-order chi connectivity index (χ1) is 10.2. The fourth-order valence-electron chi connectivity index (χ4n) is 3.37. The lowest BCUT2D eigenvalue weighted by Gasteiger charge is -2.29. The van der Waals surface area contributed by atoms with E-state index in [2.05, 4.69) is 41.4 Å². The second-order valence-corrected chi connectivity index (χ2v) is 7.24. The van der Waals surface area contributed by atoms with Gasteiger partial charge in [0.1, 0.15) is 0 Å². The summed E-state index contributed by atoms with van der Waals surface area (Å²) in [6.45, 7) is 4.06.